The fourth-order valence-corrected chi connectivity index (χ4v) is 2.80. The number of anilines is 3. The monoisotopic (exact) mass is 445 g/mol. The molecular formula is C14H7Cl4N7O2. The van der Waals surface area contributed by atoms with Crippen LogP contribution >= 0.6 is 46.4 Å². The van der Waals surface area contributed by atoms with Crippen molar-refractivity contribution in [3.05, 3.63) is 51.0 Å². The molecule has 0 spiro atoms. The summed E-state index contributed by atoms with van der Waals surface area (Å²) in [6.45, 7) is 0. The number of ether oxygens (including phenoxy) is 1. The quantitative estimate of drug-likeness (QED) is 0.550. The maximum Gasteiger partial charge on any atom is 0.339 e. The Labute approximate surface area is 172 Å². The van der Waals surface area contributed by atoms with E-state index >= 15 is 0 Å². The first-order chi connectivity index (χ1) is 12.9. The van der Waals surface area contributed by atoms with Gasteiger partial charge in [0, 0.05) is 0 Å². The van der Waals surface area contributed by atoms with E-state index in [0.717, 1.165) is 0 Å². The van der Waals surface area contributed by atoms with Gasteiger partial charge in [-0.15, -0.1) is 0 Å². The molecular weight excluding hydrogens is 440 g/mol. The summed E-state index contributed by atoms with van der Waals surface area (Å²) < 4.78 is 4.82. The molecule has 0 aliphatic rings. The van der Waals surface area contributed by atoms with E-state index in [-0.39, 0.29) is 44.3 Å². The Morgan fingerprint density at radius 1 is 0.815 bits per heavy atom. The van der Waals surface area contributed by atoms with Gasteiger partial charge in [-0.3, -0.25) is 0 Å². The first-order valence-electron chi connectivity index (χ1n) is 7.00. The molecule has 3 rings (SSSR count). The lowest BCUT2D eigenvalue weighted by Crippen LogP contribution is -2.20. The minimum Gasteiger partial charge on any atom is -0.465 e. The largest absolute Gasteiger partial charge is 0.465 e. The van der Waals surface area contributed by atoms with Crippen LogP contribution in [0, 0.1) is 0 Å². The third-order valence-electron chi connectivity index (χ3n) is 3.09. The van der Waals surface area contributed by atoms with Crippen molar-refractivity contribution in [3.8, 4) is 0 Å². The van der Waals surface area contributed by atoms with Gasteiger partial charge < -0.3 is 4.74 Å². The van der Waals surface area contributed by atoms with E-state index in [2.05, 4.69) is 29.9 Å². The van der Waals surface area contributed by atoms with Gasteiger partial charge in [-0.2, -0.15) is 29.9 Å². The van der Waals surface area contributed by atoms with Gasteiger partial charge in [0.2, 0.25) is 33.0 Å². The number of halogens is 4. The van der Waals surface area contributed by atoms with Crippen molar-refractivity contribution in [2.45, 2.75) is 0 Å². The predicted octanol–water partition coefficient (Wildman–Crippen LogP) is 3.93. The lowest BCUT2D eigenvalue weighted by molar-refractivity contribution is 0.0601. The Bertz CT molecular complexity index is 929. The number of aromatic nitrogens is 6. The molecule has 13 heteroatoms. The number of methoxy groups -OCH3 is 1. The van der Waals surface area contributed by atoms with Crippen molar-refractivity contribution in [3.63, 3.8) is 0 Å². The molecule has 0 fully saturated rings. The smallest absolute Gasteiger partial charge is 0.339 e. The third kappa shape index (κ3) is 4.33. The summed E-state index contributed by atoms with van der Waals surface area (Å²) in [6, 6.07) is 6.44. The molecule has 0 unspecified atom stereocenters. The molecule has 0 atom stereocenters. The number of rotatable bonds is 4. The van der Waals surface area contributed by atoms with Crippen molar-refractivity contribution in [2.75, 3.05) is 12.0 Å². The first-order valence-corrected chi connectivity index (χ1v) is 8.52. The predicted molar refractivity (Wildman–Crippen MR) is 99.3 cm³/mol. The highest BCUT2D eigenvalue weighted by molar-refractivity contribution is 6.31. The maximum atomic E-state index is 12.2. The summed E-state index contributed by atoms with van der Waals surface area (Å²) in [7, 11) is 1.25. The van der Waals surface area contributed by atoms with Crippen LogP contribution in [0.3, 0.4) is 0 Å². The summed E-state index contributed by atoms with van der Waals surface area (Å²) in [5.74, 6) is -0.766. The number of nitrogens with zero attached hydrogens (tertiary/aromatic N) is 7. The average Bonchev–Trinajstić information content (AvgIpc) is 2.60. The third-order valence-corrected chi connectivity index (χ3v) is 3.76. The van der Waals surface area contributed by atoms with E-state index in [1.807, 2.05) is 0 Å². The van der Waals surface area contributed by atoms with E-state index in [0.29, 0.717) is 0 Å². The van der Waals surface area contributed by atoms with Crippen LogP contribution in [0.4, 0.5) is 17.6 Å². The van der Waals surface area contributed by atoms with Gasteiger partial charge >= 0.3 is 5.97 Å². The molecule has 0 N–H and O–H groups in total. The number of benzene rings is 1. The molecule has 0 saturated heterocycles. The maximum absolute atomic E-state index is 12.2. The van der Waals surface area contributed by atoms with Crippen LogP contribution in [0.5, 0.6) is 0 Å². The van der Waals surface area contributed by atoms with Gasteiger partial charge in [-0.25, -0.2) is 9.69 Å². The Balaban J connectivity index is 2.30. The summed E-state index contributed by atoms with van der Waals surface area (Å²) in [6.07, 6.45) is 0. The van der Waals surface area contributed by atoms with Gasteiger partial charge in [0.1, 0.15) is 0 Å². The highest BCUT2D eigenvalue weighted by atomic mass is 35.5. The van der Waals surface area contributed by atoms with E-state index in [1.54, 1.807) is 18.2 Å². The molecule has 0 bridgehead atoms. The summed E-state index contributed by atoms with van der Waals surface area (Å²) in [5, 5.41) is -0.734. The van der Waals surface area contributed by atoms with Crippen LogP contribution < -0.4 is 4.90 Å². The normalized spacial score (nSPS) is 10.6. The molecule has 9 nitrogen and oxygen atoms in total. The molecule has 3 aromatic rings. The Kier molecular flexibility index (Phi) is 5.85. The van der Waals surface area contributed by atoms with Crippen LogP contribution in [-0.2, 0) is 4.74 Å². The van der Waals surface area contributed by atoms with Crippen molar-refractivity contribution in [1.82, 2.24) is 29.9 Å². The minimum absolute atomic E-state index is 0.0744. The average molecular weight is 447 g/mol. The lowest BCUT2D eigenvalue weighted by Gasteiger charge is -2.22. The number of hydrogen-bond donors (Lipinski definition) is 0. The summed E-state index contributed by atoms with van der Waals surface area (Å²) in [5.41, 5.74) is 0.432. The molecule has 138 valence electrons. The topological polar surface area (TPSA) is 107 Å². The highest BCUT2D eigenvalue weighted by Gasteiger charge is 2.26. The second-order valence-corrected chi connectivity index (χ2v) is 6.04. The van der Waals surface area contributed by atoms with Gasteiger partial charge in [0.15, 0.2) is 0 Å². The SMILES string of the molecule is COC(=O)c1ccccc1N(c1nc(Cl)nc(Cl)n1)c1nc(Cl)nc(Cl)n1. The summed E-state index contributed by atoms with van der Waals surface area (Å²) in [4.78, 5) is 36.9. The molecule has 2 heterocycles. The molecule has 1 aromatic carbocycles. The molecule has 0 saturated carbocycles. The van der Waals surface area contributed by atoms with Gasteiger partial charge in [0.05, 0.1) is 18.4 Å². The number of carbonyl (C=O) groups excluding carboxylic acids is 1. The first kappa shape index (κ1) is 19.4. The molecule has 0 radical (unpaired) electrons. The molecule has 2 aromatic heterocycles. The van der Waals surface area contributed by atoms with E-state index in [1.165, 1.54) is 18.1 Å². The van der Waals surface area contributed by atoms with E-state index in [9.17, 15) is 4.79 Å². The number of esters is 1. The van der Waals surface area contributed by atoms with Crippen LogP contribution in [0.15, 0.2) is 24.3 Å². The lowest BCUT2D eigenvalue weighted by atomic mass is 10.1. The van der Waals surface area contributed by atoms with Crippen molar-refractivity contribution >= 4 is 70.0 Å². The Morgan fingerprint density at radius 3 is 1.70 bits per heavy atom. The summed E-state index contributed by atoms with van der Waals surface area (Å²) >= 11 is 23.6. The standard InChI is InChI=1S/C14H7Cl4N7O2/c1-27-8(26)6-4-2-3-5-7(6)25(13-21-9(15)19-10(16)22-13)14-23-11(17)20-12(18)24-14/h2-5H,1H3. The van der Waals surface area contributed by atoms with Gasteiger partial charge in [-0.1, -0.05) is 12.1 Å². The van der Waals surface area contributed by atoms with Crippen LogP contribution in [0.2, 0.25) is 21.1 Å². The van der Waals surface area contributed by atoms with Crippen LogP contribution in [0.1, 0.15) is 10.4 Å². The highest BCUT2D eigenvalue weighted by Crippen LogP contribution is 2.34. The Morgan fingerprint density at radius 2 is 1.26 bits per heavy atom. The van der Waals surface area contributed by atoms with Crippen molar-refractivity contribution < 1.29 is 9.53 Å². The second-order valence-electron chi connectivity index (χ2n) is 4.69. The van der Waals surface area contributed by atoms with Crippen molar-refractivity contribution in [1.29, 1.82) is 0 Å². The van der Waals surface area contributed by atoms with Crippen molar-refractivity contribution in [2.24, 2.45) is 0 Å². The molecule has 0 aliphatic heterocycles. The second kappa shape index (κ2) is 8.13. The molecule has 0 amide bonds. The zero-order valence-corrected chi connectivity index (χ0v) is 16.3. The van der Waals surface area contributed by atoms with Crippen LogP contribution in [0.25, 0.3) is 0 Å². The fraction of sp³-hybridized carbons (Fsp3) is 0.0714. The molecule has 0 aliphatic carbocycles. The van der Waals surface area contributed by atoms with Gasteiger partial charge in [0.25, 0.3) is 0 Å². The molecule has 27 heavy (non-hydrogen) atoms. The zero-order valence-electron chi connectivity index (χ0n) is 13.3. The van der Waals surface area contributed by atoms with Gasteiger partial charge in [-0.05, 0) is 58.5 Å². The van der Waals surface area contributed by atoms with Crippen LogP contribution in [-0.4, -0.2) is 43.0 Å². The number of para-hydroxylation sites is 1. The minimum atomic E-state index is -0.618. The number of carbonyl (C=O) groups is 1. The van der Waals surface area contributed by atoms with E-state index < -0.39 is 5.97 Å². The zero-order chi connectivity index (χ0) is 19.6. The van der Waals surface area contributed by atoms with E-state index in [4.69, 9.17) is 51.1 Å². The fourth-order valence-electron chi connectivity index (χ4n) is 2.09. The number of hydrogen-bond acceptors (Lipinski definition) is 9. The Hall–Kier alpha value is -2.33.